The van der Waals surface area contributed by atoms with Gasteiger partial charge in [-0.05, 0) is 56.0 Å². The van der Waals surface area contributed by atoms with E-state index in [1.165, 1.54) is 16.7 Å². The second-order valence-corrected chi connectivity index (χ2v) is 7.41. The molecule has 3 heteroatoms. The molecule has 0 amide bonds. The fraction of sp³-hybridized carbons (Fsp3) is 0.450. The molecule has 3 nitrogen and oxygen atoms in total. The largest absolute Gasteiger partial charge is 0.358 e. The van der Waals surface area contributed by atoms with E-state index in [9.17, 15) is 4.79 Å². The minimum Gasteiger partial charge on any atom is -0.358 e. The second-order valence-electron chi connectivity index (χ2n) is 7.41. The van der Waals surface area contributed by atoms with Crippen molar-refractivity contribution >= 4 is 0 Å². The molecule has 2 aromatic rings. The second kappa shape index (κ2) is 6.32. The van der Waals surface area contributed by atoms with Crippen LogP contribution in [-0.2, 0) is 12.0 Å². The number of rotatable bonds is 3. The van der Waals surface area contributed by atoms with Crippen molar-refractivity contribution in [1.82, 2.24) is 10.3 Å². The van der Waals surface area contributed by atoms with Gasteiger partial charge in [0.05, 0.1) is 0 Å². The normalized spacial score (nSPS) is 11.8. The molecule has 1 aromatic heterocycles. The maximum atomic E-state index is 12.4. The molecule has 0 spiro atoms. The molecule has 0 bridgehead atoms. The third-order valence-electron chi connectivity index (χ3n) is 4.37. The van der Waals surface area contributed by atoms with Crippen LogP contribution in [0, 0.1) is 20.8 Å². The van der Waals surface area contributed by atoms with Gasteiger partial charge in [0.1, 0.15) is 0 Å². The Morgan fingerprint density at radius 3 is 2.22 bits per heavy atom. The van der Waals surface area contributed by atoms with E-state index < -0.39 is 0 Å². The van der Waals surface area contributed by atoms with Gasteiger partial charge in [0, 0.05) is 35.1 Å². The van der Waals surface area contributed by atoms with E-state index in [2.05, 4.69) is 57.1 Å². The number of hydrogen-bond donors (Lipinski definition) is 2. The van der Waals surface area contributed by atoms with Gasteiger partial charge in [-0.2, -0.15) is 0 Å². The minimum atomic E-state index is 0.0857. The topological polar surface area (TPSA) is 44.9 Å². The molecule has 0 fully saturated rings. The maximum absolute atomic E-state index is 12.4. The summed E-state index contributed by atoms with van der Waals surface area (Å²) in [4.78, 5) is 15.8. The lowest BCUT2D eigenvalue weighted by Crippen LogP contribution is -2.19. The first-order valence-corrected chi connectivity index (χ1v) is 8.14. The van der Waals surface area contributed by atoms with Crippen molar-refractivity contribution < 1.29 is 0 Å². The molecule has 23 heavy (non-hydrogen) atoms. The Morgan fingerprint density at radius 2 is 1.70 bits per heavy atom. The molecular formula is C20H28N2O. The summed E-state index contributed by atoms with van der Waals surface area (Å²) < 4.78 is 0. The fourth-order valence-electron chi connectivity index (χ4n) is 3.17. The summed E-state index contributed by atoms with van der Waals surface area (Å²) in [6.45, 7) is 13.5. The van der Waals surface area contributed by atoms with E-state index in [1.54, 1.807) is 6.07 Å². The fourth-order valence-corrected chi connectivity index (χ4v) is 3.17. The van der Waals surface area contributed by atoms with E-state index in [0.717, 1.165) is 22.5 Å². The van der Waals surface area contributed by atoms with Crippen LogP contribution >= 0.6 is 0 Å². The average molecular weight is 312 g/mol. The van der Waals surface area contributed by atoms with Gasteiger partial charge in [-0.25, -0.2) is 0 Å². The zero-order chi connectivity index (χ0) is 17.4. The number of aromatic nitrogens is 1. The highest BCUT2D eigenvalue weighted by Crippen LogP contribution is 2.31. The predicted octanol–water partition coefficient (Wildman–Crippen LogP) is 3.98. The lowest BCUT2D eigenvalue weighted by Gasteiger charge is -2.23. The number of aromatic amines is 1. The summed E-state index contributed by atoms with van der Waals surface area (Å²) in [7, 11) is 1.85. The molecule has 0 saturated heterocycles. The van der Waals surface area contributed by atoms with Crippen LogP contribution < -0.4 is 10.7 Å². The van der Waals surface area contributed by atoms with E-state index in [1.807, 2.05) is 14.0 Å². The highest BCUT2D eigenvalue weighted by molar-refractivity contribution is 5.66. The Hall–Kier alpha value is -1.87. The summed E-state index contributed by atoms with van der Waals surface area (Å²) in [6, 6.07) is 6.16. The van der Waals surface area contributed by atoms with Gasteiger partial charge < -0.3 is 10.3 Å². The molecule has 124 valence electrons. The van der Waals surface area contributed by atoms with Crippen LogP contribution in [0.5, 0.6) is 0 Å². The number of pyridine rings is 1. The van der Waals surface area contributed by atoms with Gasteiger partial charge in [0.2, 0.25) is 0 Å². The van der Waals surface area contributed by atoms with Crippen molar-refractivity contribution in [1.29, 1.82) is 0 Å². The van der Waals surface area contributed by atoms with Crippen LogP contribution in [-0.4, -0.2) is 12.0 Å². The zero-order valence-electron chi connectivity index (χ0n) is 15.3. The van der Waals surface area contributed by atoms with Gasteiger partial charge in [0.15, 0.2) is 5.43 Å². The lowest BCUT2D eigenvalue weighted by molar-refractivity contribution is 0.585. The first kappa shape index (κ1) is 17.5. The first-order chi connectivity index (χ1) is 10.6. The molecule has 1 aromatic carbocycles. The summed E-state index contributed by atoms with van der Waals surface area (Å²) >= 11 is 0. The number of aryl methyl sites for hydroxylation is 3. The van der Waals surface area contributed by atoms with E-state index in [-0.39, 0.29) is 10.8 Å². The van der Waals surface area contributed by atoms with Crippen LogP contribution in [0.25, 0.3) is 11.3 Å². The van der Waals surface area contributed by atoms with Gasteiger partial charge in [-0.3, -0.25) is 4.79 Å². The SMILES string of the molecule is CNCc1c(C)[nH]c(-c2cc(C)c(C(C)(C)C)cc2C)cc1=O. The van der Waals surface area contributed by atoms with E-state index in [0.29, 0.717) is 6.54 Å². The maximum Gasteiger partial charge on any atom is 0.186 e. The first-order valence-electron chi connectivity index (χ1n) is 8.14. The van der Waals surface area contributed by atoms with Crippen molar-refractivity contribution in [3.05, 3.63) is 56.4 Å². The molecule has 1 heterocycles. The Kier molecular flexibility index (Phi) is 4.81. The third-order valence-corrected chi connectivity index (χ3v) is 4.37. The van der Waals surface area contributed by atoms with Crippen LogP contribution in [0.4, 0.5) is 0 Å². The Labute approximate surface area is 139 Å². The Balaban J connectivity index is 2.60. The number of nitrogens with one attached hydrogen (secondary N) is 2. The summed E-state index contributed by atoms with van der Waals surface area (Å²) in [6.07, 6.45) is 0. The molecule has 0 aliphatic carbocycles. The van der Waals surface area contributed by atoms with Crippen molar-refractivity contribution in [2.75, 3.05) is 7.05 Å². The molecule has 0 saturated carbocycles. The molecule has 0 atom stereocenters. The van der Waals surface area contributed by atoms with Gasteiger partial charge >= 0.3 is 0 Å². The molecule has 2 N–H and O–H groups in total. The molecule has 0 radical (unpaired) electrons. The molecule has 0 aliphatic heterocycles. The molecule has 0 unspecified atom stereocenters. The summed E-state index contributed by atoms with van der Waals surface area (Å²) in [5, 5.41) is 3.05. The highest BCUT2D eigenvalue weighted by Gasteiger charge is 2.18. The van der Waals surface area contributed by atoms with E-state index in [4.69, 9.17) is 0 Å². The summed E-state index contributed by atoms with van der Waals surface area (Å²) in [5.74, 6) is 0. The Bertz CT molecular complexity index is 779. The standard InChI is InChI=1S/C20H28N2O/c1-12-9-17(20(4,5)6)13(2)8-15(12)18-10-19(23)16(11-21-7)14(3)22-18/h8-10,21H,11H2,1-7H3,(H,22,23). The molecule has 0 aliphatic rings. The smallest absolute Gasteiger partial charge is 0.186 e. The zero-order valence-corrected chi connectivity index (χ0v) is 15.3. The Morgan fingerprint density at radius 1 is 1.04 bits per heavy atom. The van der Waals surface area contributed by atoms with Crippen molar-refractivity contribution in [3.63, 3.8) is 0 Å². The van der Waals surface area contributed by atoms with Gasteiger partial charge in [0.25, 0.3) is 0 Å². The molecular weight excluding hydrogens is 284 g/mol. The van der Waals surface area contributed by atoms with Crippen LogP contribution in [0.2, 0.25) is 0 Å². The van der Waals surface area contributed by atoms with Gasteiger partial charge in [-0.15, -0.1) is 0 Å². The van der Waals surface area contributed by atoms with Crippen molar-refractivity contribution in [2.45, 2.75) is 53.5 Å². The number of H-pyrrole nitrogens is 1. The van der Waals surface area contributed by atoms with Crippen LogP contribution in [0.15, 0.2) is 23.0 Å². The number of hydrogen-bond acceptors (Lipinski definition) is 2. The highest BCUT2D eigenvalue weighted by atomic mass is 16.1. The van der Waals surface area contributed by atoms with Gasteiger partial charge in [-0.1, -0.05) is 26.8 Å². The third kappa shape index (κ3) is 3.56. The predicted molar refractivity (Wildman–Crippen MR) is 98.2 cm³/mol. The number of benzene rings is 1. The monoisotopic (exact) mass is 312 g/mol. The lowest BCUT2D eigenvalue weighted by atomic mass is 9.82. The average Bonchev–Trinajstić information content (AvgIpc) is 2.43. The van der Waals surface area contributed by atoms with Crippen molar-refractivity contribution in [2.24, 2.45) is 0 Å². The van der Waals surface area contributed by atoms with Crippen LogP contribution in [0.3, 0.4) is 0 Å². The van der Waals surface area contributed by atoms with Crippen molar-refractivity contribution in [3.8, 4) is 11.3 Å². The molecule has 2 rings (SSSR count). The minimum absolute atomic E-state index is 0.0857. The van der Waals surface area contributed by atoms with E-state index >= 15 is 0 Å². The van der Waals surface area contributed by atoms with Crippen LogP contribution in [0.1, 0.15) is 48.7 Å². The quantitative estimate of drug-likeness (QED) is 0.900. The summed E-state index contributed by atoms with van der Waals surface area (Å²) in [5.41, 5.74) is 7.74.